The molecule has 2 aliphatic rings. The topological polar surface area (TPSA) is 27.0 Å². The van der Waals surface area contributed by atoms with E-state index in [4.69, 9.17) is 5.26 Å². The summed E-state index contributed by atoms with van der Waals surface area (Å²) in [6.07, 6.45) is 5.98. The van der Waals surface area contributed by atoms with Crippen LogP contribution in [0.5, 0.6) is 0 Å². The average Bonchev–Trinajstić information content (AvgIpc) is 2.86. The first-order valence-electron chi connectivity index (χ1n) is 5.77. The van der Waals surface area contributed by atoms with E-state index in [-0.39, 0.29) is 0 Å². The molecule has 0 amide bonds. The van der Waals surface area contributed by atoms with Crippen molar-refractivity contribution >= 4 is 0 Å². The van der Waals surface area contributed by atoms with Gasteiger partial charge in [-0.15, -0.1) is 0 Å². The molecule has 0 radical (unpaired) electrons. The molecule has 2 nitrogen and oxygen atoms in total. The summed E-state index contributed by atoms with van der Waals surface area (Å²) in [4.78, 5) is 2.67. The van der Waals surface area contributed by atoms with Crippen LogP contribution < -0.4 is 0 Å². The molecular weight excluding hydrogens is 172 g/mol. The second-order valence-electron chi connectivity index (χ2n) is 5.46. The van der Waals surface area contributed by atoms with E-state index in [1.807, 2.05) is 0 Å². The lowest BCUT2D eigenvalue weighted by Gasteiger charge is -2.45. The van der Waals surface area contributed by atoms with Crippen LogP contribution in [0.1, 0.15) is 46.0 Å². The molecule has 1 aliphatic carbocycles. The maximum Gasteiger partial charge on any atom is 0.0624 e. The molecule has 2 fully saturated rings. The van der Waals surface area contributed by atoms with Gasteiger partial charge in [0, 0.05) is 18.0 Å². The third-order valence-corrected chi connectivity index (χ3v) is 3.71. The van der Waals surface area contributed by atoms with Gasteiger partial charge in [0.15, 0.2) is 0 Å². The minimum absolute atomic E-state index is 0.334. The SMILES string of the molecule is CC1(C)CC(CC#N)CCN1C1CC1. The third-order valence-electron chi connectivity index (χ3n) is 3.71. The fraction of sp³-hybridized carbons (Fsp3) is 0.917. The molecule has 2 heteroatoms. The molecular formula is C12H20N2. The lowest BCUT2D eigenvalue weighted by Crippen LogP contribution is -2.50. The van der Waals surface area contributed by atoms with Crippen molar-refractivity contribution in [3.05, 3.63) is 0 Å². The largest absolute Gasteiger partial charge is 0.295 e. The molecule has 0 bridgehead atoms. The van der Waals surface area contributed by atoms with Gasteiger partial charge in [0.05, 0.1) is 6.07 Å². The maximum atomic E-state index is 8.71. The predicted octanol–water partition coefficient (Wildman–Crippen LogP) is 2.55. The summed E-state index contributed by atoms with van der Waals surface area (Å²) in [5.41, 5.74) is 0.334. The summed E-state index contributed by atoms with van der Waals surface area (Å²) in [7, 11) is 0. The van der Waals surface area contributed by atoms with Crippen molar-refractivity contribution in [2.45, 2.75) is 57.5 Å². The van der Waals surface area contributed by atoms with Crippen LogP contribution in [0.3, 0.4) is 0 Å². The van der Waals surface area contributed by atoms with E-state index in [9.17, 15) is 0 Å². The highest BCUT2D eigenvalue weighted by Crippen LogP contribution is 2.40. The lowest BCUT2D eigenvalue weighted by molar-refractivity contribution is 0.0405. The first-order chi connectivity index (χ1) is 6.63. The highest BCUT2D eigenvalue weighted by atomic mass is 15.2. The van der Waals surface area contributed by atoms with Crippen LogP contribution in [0.4, 0.5) is 0 Å². The van der Waals surface area contributed by atoms with Gasteiger partial charge in [-0.2, -0.15) is 5.26 Å². The Balaban J connectivity index is 1.97. The highest BCUT2D eigenvalue weighted by molar-refractivity contribution is 4.98. The Morgan fingerprint density at radius 3 is 2.57 bits per heavy atom. The lowest BCUT2D eigenvalue weighted by atomic mass is 9.81. The molecule has 0 spiro atoms. The van der Waals surface area contributed by atoms with Crippen LogP contribution >= 0.6 is 0 Å². The van der Waals surface area contributed by atoms with Gasteiger partial charge in [-0.1, -0.05) is 0 Å². The molecule has 0 aromatic heterocycles. The molecule has 0 aromatic carbocycles. The van der Waals surface area contributed by atoms with Crippen molar-refractivity contribution in [3.63, 3.8) is 0 Å². The van der Waals surface area contributed by atoms with E-state index < -0.39 is 0 Å². The molecule has 1 unspecified atom stereocenters. The van der Waals surface area contributed by atoms with Crippen LogP contribution in [0.2, 0.25) is 0 Å². The van der Waals surface area contributed by atoms with Crippen LogP contribution in [0, 0.1) is 17.2 Å². The number of rotatable bonds is 2. The zero-order valence-corrected chi connectivity index (χ0v) is 9.29. The van der Waals surface area contributed by atoms with E-state index in [2.05, 4.69) is 24.8 Å². The van der Waals surface area contributed by atoms with Gasteiger partial charge in [0.25, 0.3) is 0 Å². The molecule has 0 N–H and O–H groups in total. The zero-order valence-electron chi connectivity index (χ0n) is 9.29. The Morgan fingerprint density at radius 1 is 1.36 bits per heavy atom. The zero-order chi connectivity index (χ0) is 10.2. The first-order valence-corrected chi connectivity index (χ1v) is 5.77. The number of hydrogen-bond acceptors (Lipinski definition) is 2. The van der Waals surface area contributed by atoms with Crippen LogP contribution in [0.15, 0.2) is 0 Å². The van der Waals surface area contributed by atoms with E-state index in [1.54, 1.807) is 0 Å². The quantitative estimate of drug-likeness (QED) is 0.672. The van der Waals surface area contributed by atoms with Gasteiger partial charge in [0.1, 0.15) is 0 Å². The van der Waals surface area contributed by atoms with Crippen molar-refractivity contribution in [1.29, 1.82) is 5.26 Å². The van der Waals surface area contributed by atoms with Crippen LogP contribution in [-0.4, -0.2) is 23.0 Å². The van der Waals surface area contributed by atoms with Gasteiger partial charge >= 0.3 is 0 Å². The molecule has 1 saturated heterocycles. The fourth-order valence-corrected chi connectivity index (χ4v) is 2.92. The van der Waals surface area contributed by atoms with Gasteiger partial charge < -0.3 is 0 Å². The molecule has 14 heavy (non-hydrogen) atoms. The Kier molecular flexibility index (Phi) is 2.53. The fourth-order valence-electron chi connectivity index (χ4n) is 2.92. The minimum atomic E-state index is 0.334. The molecule has 0 aromatic rings. The standard InChI is InChI=1S/C12H20N2/c1-12(2)9-10(5-7-13)6-8-14(12)11-3-4-11/h10-11H,3-6,8-9H2,1-2H3. The molecule has 78 valence electrons. The Hall–Kier alpha value is -0.550. The number of likely N-dealkylation sites (tertiary alicyclic amines) is 1. The summed E-state index contributed by atoms with van der Waals surface area (Å²) >= 11 is 0. The van der Waals surface area contributed by atoms with E-state index in [0.29, 0.717) is 11.5 Å². The van der Waals surface area contributed by atoms with Crippen molar-refractivity contribution in [1.82, 2.24) is 4.90 Å². The third kappa shape index (κ3) is 1.93. The normalized spacial score (nSPS) is 32.5. The number of hydrogen-bond donors (Lipinski definition) is 0. The summed E-state index contributed by atoms with van der Waals surface area (Å²) < 4.78 is 0. The Labute approximate surface area is 86.9 Å². The van der Waals surface area contributed by atoms with Gasteiger partial charge in [-0.25, -0.2) is 0 Å². The van der Waals surface area contributed by atoms with E-state index >= 15 is 0 Å². The number of nitriles is 1. The highest BCUT2D eigenvalue weighted by Gasteiger charge is 2.42. The molecule has 2 rings (SSSR count). The Morgan fingerprint density at radius 2 is 2.07 bits per heavy atom. The second kappa shape index (κ2) is 3.55. The van der Waals surface area contributed by atoms with Gasteiger partial charge in [-0.3, -0.25) is 4.90 Å². The molecule has 1 aliphatic heterocycles. The minimum Gasteiger partial charge on any atom is -0.295 e. The monoisotopic (exact) mass is 192 g/mol. The molecule has 1 saturated carbocycles. The average molecular weight is 192 g/mol. The summed E-state index contributed by atoms with van der Waals surface area (Å²) in [5, 5.41) is 8.71. The van der Waals surface area contributed by atoms with Gasteiger partial charge in [-0.05, 0) is 52.0 Å². The van der Waals surface area contributed by atoms with Crippen molar-refractivity contribution in [2.75, 3.05) is 6.54 Å². The van der Waals surface area contributed by atoms with E-state index in [0.717, 1.165) is 12.5 Å². The van der Waals surface area contributed by atoms with Crippen molar-refractivity contribution < 1.29 is 0 Å². The second-order valence-corrected chi connectivity index (χ2v) is 5.46. The van der Waals surface area contributed by atoms with Crippen LogP contribution in [0.25, 0.3) is 0 Å². The molecule has 1 heterocycles. The summed E-state index contributed by atoms with van der Waals surface area (Å²) in [6, 6.07) is 3.18. The van der Waals surface area contributed by atoms with Gasteiger partial charge in [0.2, 0.25) is 0 Å². The van der Waals surface area contributed by atoms with Crippen LogP contribution in [-0.2, 0) is 0 Å². The summed E-state index contributed by atoms with van der Waals surface area (Å²) in [6.45, 7) is 5.90. The molecule has 1 atom stereocenters. The predicted molar refractivity (Wildman–Crippen MR) is 56.8 cm³/mol. The maximum absolute atomic E-state index is 8.71. The number of nitrogens with zero attached hydrogens (tertiary/aromatic N) is 2. The number of piperidine rings is 1. The van der Waals surface area contributed by atoms with Crippen molar-refractivity contribution in [3.8, 4) is 6.07 Å². The van der Waals surface area contributed by atoms with E-state index in [1.165, 1.54) is 32.2 Å². The van der Waals surface area contributed by atoms with Crippen molar-refractivity contribution in [2.24, 2.45) is 5.92 Å². The first kappa shape index (κ1) is 9.98. The Bertz CT molecular complexity index is 248. The smallest absolute Gasteiger partial charge is 0.0624 e. The summed E-state index contributed by atoms with van der Waals surface area (Å²) in [5.74, 6) is 0.644.